The number of methoxy groups -OCH3 is 1. The summed E-state index contributed by atoms with van der Waals surface area (Å²) in [5.41, 5.74) is 3.13. The number of nitrogens with two attached hydrogens (primary N) is 1. The largest absolute Gasteiger partial charge is 0.377 e. The highest BCUT2D eigenvalue weighted by molar-refractivity contribution is 4.99. The number of nitrogens with one attached hydrogen (secondary N) is 1. The van der Waals surface area contributed by atoms with Crippen LogP contribution in [0, 0.1) is 5.92 Å². The van der Waals surface area contributed by atoms with Crippen molar-refractivity contribution in [3.05, 3.63) is 0 Å². The minimum atomic E-state index is 0.0176. The van der Waals surface area contributed by atoms with Gasteiger partial charge < -0.3 is 4.74 Å². The van der Waals surface area contributed by atoms with Crippen LogP contribution in [-0.4, -0.2) is 18.8 Å². The standard InChI is InChI=1S/C14H28N2O/c1-17-14(10-6-7-11-14)13(16-15)12-8-4-2-3-5-9-12/h12-13,16H,2-11,15H2,1H3. The fourth-order valence-corrected chi connectivity index (χ4v) is 3.98. The van der Waals surface area contributed by atoms with E-state index >= 15 is 0 Å². The van der Waals surface area contributed by atoms with E-state index < -0.39 is 0 Å². The maximum Gasteiger partial charge on any atom is 0.0847 e. The van der Waals surface area contributed by atoms with Gasteiger partial charge in [-0.2, -0.15) is 0 Å². The lowest BCUT2D eigenvalue weighted by Crippen LogP contribution is -2.56. The molecule has 100 valence electrons. The summed E-state index contributed by atoms with van der Waals surface area (Å²) in [6.07, 6.45) is 13.1. The van der Waals surface area contributed by atoms with E-state index in [2.05, 4.69) is 5.43 Å². The molecule has 2 saturated carbocycles. The lowest BCUT2D eigenvalue weighted by molar-refractivity contribution is -0.0539. The average Bonchev–Trinajstić information content (AvgIpc) is 2.68. The van der Waals surface area contributed by atoms with Crippen molar-refractivity contribution in [2.24, 2.45) is 11.8 Å². The molecule has 0 heterocycles. The molecule has 2 aliphatic carbocycles. The van der Waals surface area contributed by atoms with Crippen molar-refractivity contribution in [2.45, 2.75) is 75.9 Å². The van der Waals surface area contributed by atoms with Crippen LogP contribution in [0.15, 0.2) is 0 Å². The van der Waals surface area contributed by atoms with Crippen LogP contribution in [0.3, 0.4) is 0 Å². The fraction of sp³-hybridized carbons (Fsp3) is 1.00. The van der Waals surface area contributed by atoms with Crippen molar-refractivity contribution in [1.82, 2.24) is 5.43 Å². The van der Waals surface area contributed by atoms with Crippen molar-refractivity contribution in [3.63, 3.8) is 0 Å². The molecule has 2 aliphatic rings. The van der Waals surface area contributed by atoms with E-state index in [0.29, 0.717) is 12.0 Å². The maximum absolute atomic E-state index is 5.90. The van der Waals surface area contributed by atoms with E-state index in [1.165, 1.54) is 64.2 Å². The number of hydrogen-bond donors (Lipinski definition) is 2. The maximum atomic E-state index is 5.90. The highest BCUT2D eigenvalue weighted by atomic mass is 16.5. The first-order valence-corrected chi connectivity index (χ1v) is 7.34. The Bertz CT molecular complexity index is 218. The first kappa shape index (κ1) is 13.3. The molecule has 0 aromatic heterocycles. The zero-order valence-electron chi connectivity index (χ0n) is 11.2. The lowest BCUT2D eigenvalue weighted by Gasteiger charge is -2.40. The Morgan fingerprint density at radius 3 is 2.12 bits per heavy atom. The molecule has 1 atom stereocenters. The molecular formula is C14H28N2O. The first-order chi connectivity index (χ1) is 8.32. The molecule has 1 unspecified atom stereocenters. The molecule has 0 aromatic carbocycles. The highest BCUT2D eigenvalue weighted by Gasteiger charge is 2.44. The summed E-state index contributed by atoms with van der Waals surface area (Å²) in [6.45, 7) is 0. The molecule has 0 aliphatic heterocycles. The molecule has 3 nitrogen and oxygen atoms in total. The SMILES string of the molecule is COC1(C(NN)C2CCCCCC2)CCCC1. The number of hydrazine groups is 1. The predicted octanol–water partition coefficient (Wildman–Crippen LogP) is 2.75. The summed E-state index contributed by atoms with van der Waals surface area (Å²) in [7, 11) is 1.87. The number of rotatable bonds is 4. The molecule has 0 radical (unpaired) electrons. The van der Waals surface area contributed by atoms with Crippen LogP contribution in [0.1, 0.15) is 64.2 Å². The Morgan fingerprint density at radius 2 is 1.65 bits per heavy atom. The van der Waals surface area contributed by atoms with Crippen molar-refractivity contribution >= 4 is 0 Å². The Kier molecular flexibility index (Phi) is 4.83. The van der Waals surface area contributed by atoms with E-state index in [9.17, 15) is 0 Å². The van der Waals surface area contributed by atoms with Gasteiger partial charge in [-0.15, -0.1) is 0 Å². The molecule has 2 fully saturated rings. The van der Waals surface area contributed by atoms with Gasteiger partial charge in [0.05, 0.1) is 11.6 Å². The van der Waals surface area contributed by atoms with E-state index in [0.717, 1.165) is 0 Å². The topological polar surface area (TPSA) is 47.3 Å². The van der Waals surface area contributed by atoms with Gasteiger partial charge in [0.25, 0.3) is 0 Å². The Balaban J connectivity index is 2.07. The number of ether oxygens (including phenoxy) is 1. The van der Waals surface area contributed by atoms with E-state index in [1.807, 2.05) is 7.11 Å². The quantitative estimate of drug-likeness (QED) is 0.451. The monoisotopic (exact) mass is 240 g/mol. The molecule has 3 heteroatoms. The van der Waals surface area contributed by atoms with Gasteiger partial charge in [0.1, 0.15) is 0 Å². The minimum absolute atomic E-state index is 0.0176. The second-order valence-electron chi connectivity index (χ2n) is 5.87. The van der Waals surface area contributed by atoms with Crippen molar-refractivity contribution < 1.29 is 4.74 Å². The Morgan fingerprint density at radius 1 is 1.06 bits per heavy atom. The molecule has 3 N–H and O–H groups in total. The average molecular weight is 240 g/mol. The smallest absolute Gasteiger partial charge is 0.0847 e. The molecule has 0 saturated heterocycles. The molecule has 0 aromatic rings. The molecule has 2 rings (SSSR count). The second-order valence-corrected chi connectivity index (χ2v) is 5.87. The van der Waals surface area contributed by atoms with Gasteiger partial charge in [0, 0.05) is 7.11 Å². The van der Waals surface area contributed by atoms with Crippen LogP contribution >= 0.6 is 0 Å². The van der Waals surface area contributed by atoms with Gasteiger partial charge in [0.15, 0.2) is 0 Å². The van der Waals surface area contributed by atoms with Gasteiger partial charge >= 0.3 is 0 Å². The van der Waals surface area contributed by atoms with Gasteiger partial charge in [-0.3, -0.25) is 11.3 Å². The summed E-state index contributed by atoms with van der Waals surface area (Å²) < 4.78 is 5.90. The first-order valence-electron chi connectivity index (χ1n) is 7.34. The van der Waals surface area contributed by atoms with E-state index in [1.54, 1.807) is 0 Å². The van der Waals surface area contributed by atoms with Crippen molar-refractivity contribution in [2.75, 3.05) is 7.11 Å². The van der Waals surface area contributed by atoms with Crippen LogP contribution in [0.5, 0.6) is 0 Å². The third-order valence-corrected chi connectivity index (χ3v) is 4.97. The summed E-state index contributed by atoms with van der Waals surface area (Å²) in [4.78, 5) is 0. The molecular weight excluding hydrogens is 212 g/mol. The molecule has 17 heavy (non-hydrogen) atoms. The van der Waals surface area contributed by atoms with Crippen LogP contribution in [-0.2, 0) is 4.74 Å². The summed E-state index contributed by atoms with van der Waals surface area (Å²) >= 11 is 0. The minimum Gasteiger partial charge on any atom is -0.377 e. The van der Waals surface area contributed by atoms with Gasteiger partial charge in [-0.1, -0.05) is 38.5 Å². The summed E-state index contributed by atoms with van der Waals surface area (Å²) in [5, 5.41) is 0. The zero-order valence-corrected chi connectivity index (χ0v) is 11.2. The Labute approximate surface area is 105 Å². The highest BCUT2D eigenvalue weighted by Crippen LogP contribution is 2.41. The second kappa shape index (κ2) is 6.17. The van der Waals surface area contributed by atoms with Crippen LogP contribution in [0.4, 0.5) is 0 Å². The third kappa shape index (κ3) is 2.83. The summed E-state index contributed by atoms with van der Waals surface area (Å²) in [5.74, 6) is 6.57. The zero-order chi connectivity index (χ0) is 12.1. The lowest BCUT2D eigenvalue weighted by atomic mass is 9.79. The molecule has 0 bridgehead atoms. The molecule has 0 spiro atoms. The molecule has 0 amide bonds. The summed E-state index contributed by atoms with van der Waals surface area (Å²) in [6, 6.07) is 0.355. The van der Waals surface area contributed by atoms with E-state index in [4.69, 9.17) is 10.6 Å². The van der Waals surface area contributed by atoms with E-state index in [-0.39, 0.29) is 5.60 Å². The normalized spacial score (nSPS) is 27.9. The third-order valence-electron chi connectivity index (χ3n) is 4.97. The Hall–Kier alpha value is -0.120. The fourth-order valence-electron chi connectivity index (χ4n) is 3.98. The predicted molar refractivity (Wildman–Crippen MR) is 70.5 cm³/mol. The van der Waals surface area contributed by atoms with Crippen LogP contribution < -0.4 is 11.3 Å². The van der Waals surface area contributed by atoms with Gasteiger partial charge in [-0.05, 0) is 31.6 Å². The number of hydrogen-bond acceptors (Lipinski definition) is 3. The van der Waals surface area contributed by atoms with Crippen LogP contribution in [0.2, 0.25) is 0 Å². The van der Waals surface area contributed by atoms with Gasteiger partial charge in [-0.25, -0.2) is 0 Å². The van der Waals surface area contributed by atoms with Crippen LogP contribution in [0.25, 0.3) is 0 Å². The van der Waals surface area contributed by atoms with Gasteiger partial charge in [0.2, 0.25) is 0 Å². The van der Waals surface area contributed by atoms with Crippen molar-refractivity contribution in [3.8, 4) is 0 Å². The van der Waals surface area contributed by atoms with Crippen molar-refractivity contribution in [1.29, 1.82) is 0 Å².